The maximum Gasteiger partial charge on any atom is 0.227 e. The fourth-order valence-electron chi connectivity index (χ4n) is 14.7. The van der Waals surface area contributed by atoms with Gasteiger partial charge >= 0.3 is 0 Å². The van der Waals surface area contributed by atoms with Crippen LogP contribution in [0.4, 0.5) is 0 Å². The molecule has 0 amide bonds. The lowest BCUT2D eigenvalue weighted by Gasteiger charge is -2.19. The van der Waals surface area contributed by atoms with Gasteiger partial charge in [0.1, 0.15) is 28.2 Å². The van der Waals surface area contributed by atoms with Crippen molar-refractivity contribution in [2.24, 2.45) is 49.9 Å². The van der Waals surface area contributed by atoms with Crippen LogP contribution in [0.1, 0.15) is 182 Å². The van der Waals surface area contributed by atoms with E-state index < -0.39 is 55.9 Å². The van der Waals surface area contributed by atoms with Crippen molar-refractivity contribution in [1.82, 2.24) is 19.9 Å². The van der Waals surface area contributed by atoms with Crippen molar-refractivity contribution in [3.05, 3.63) is 237 Å². The molecule has 0 aliphatic rings. The van der Waals surface area contributed by atoms with Gasteiger partial charge in [-0.1, -0.05) is 132 Å². The SMILES string of the molecule is Cc1cc(-c2c(C)ccc3c2oc2ncccc23)[n+](C)cc1CC(C)(C)C.[2H]C([2H])([2H])c1c[n+](C)c(-c2c(C)ccc3c2oc2nc(C)ccc23)cc1C([2H])([2H])C(C)(C)C.[2H]C([2H])([2H])c1c[n+](C)c(-c2c(C)ccc3c2oc2nc(C)ccc23)cc1C([2H])([2H])C(C)(C)C.[2H]C([2H])([2H])c1c[n+](C)c(-c2c(C)ccc3c2oc2ncccc23)cc1C([2H])([2H])C(C)(C)C. The van der Waals surface area contributed by atoms with E-state index in [1.54, 1.807) is 128 Å². The van der Waals surface area contributed by atoms with Crippen LogP contribution in [0, 0.1) is 90.7 Å². The summed E-state index contributed by atoms with van der Waals surface area (Å²) >= 11 is 0. The maximum atomic E-state index is 8.87. The van der Waals surface area contributed by atoms with Gasteiger partial charge in [-0.3, -0.25) is 0 Å². The number of aromatic nitrogens is 8. The van der Waals surface area contributed by atoms with Crippen molar-refractivity contribution in [2.45, 2.75) is 178 Å². The topological polar surface area (TPSA) is 120 Å². The molecule has 0 aliphatic heterocycles. The number of hydrogen-bond donors (Lipinski definition) is 0. The zero-order chi connectivity index (χ0) is 92.0. The Morgan fingerprint density at radius 1 is 0.318 bits per heavy atom. The molecule has 0 aliphatic carbocycles. The van der Waals surface area contributed by atoms with Crippen LogP contribution in [0.15, 0.2) is 176 Å². The molecule has 16 aromatic rings. The van der Waals surface area contributed by atoms with Gasteiger partial charge in [-0.25, -0.2) is 38.2 Å². The Morgan fingerprint density at radius 2 is 0.609 bits per heavy atom. The summed E-state index contributed by atoms with van der Waals surface area (Å²) < 4.78 is 158. The number of pyridine rings is 8. The van der Waals surface area contributed by atoms with Crippen LogP contribution < -0.4 is 18.3 Å². The van der Waals surface area contributed by atoms with Crippen molar-refractivity contribution in [2.75, 3.05) is 0 Å². The molecule has 564 valence electrons. The van der Waals surface area contributed by atoms with Crippen LogP contribution in [-0.4, -0.2) is 19.9 Å². The minimum absolute atomic E-state index is 0.0137. The predicted molar refractivity (Wildman–Crippen MR) is 453 cm³/mol. The van der Waals surface area contributed by atoms with Gasteiger partial charge in [0.05, 0.1) is 22.3 Å². The van der Waals surface area contributed by atoms with Crippen LogP contribution in [0.25, 0.3) is 133 Å². The molecule has 0 fully saturated rings. The largest absolute Gasteiger partial charge is 0.437 e. The average Bonchev–Trinajstić information content (AvgIpc) is 1.73. The van der Waals surface area contributed by atoms with E-state index in [1.165, 1.54) is 41.0 Å². The number of aryl methyl sites for hydroxylation is 14. The van der Waals surface area contributed by atoms with Gasteiger partial charge < -0.3 is 17.7 Å². The Labute approximate surface area is 671 Å². The van der Waals surface area contributed by atoms with Crippen molar-refractivity contribution in [1.29, 1.82) is 0 Å². The Morgan fingerprint density at radius 3 is 0.918 bits per heavy atom. The second-order valence-corrected chi connectivity index (χ2v) is 33.9. The molecule has 0 atom stereocenters. The minimum Gasteiger partial charge on any atom is -0.437 e. The van der Waals surface area contributed by atoms with E-state index in [2.05, 4.69) is 96.6 Å². The average molecular weight is 1480 g/mol. The lowest BCUT2D eigenvalue weighted by Crippen LogP contribution is -2.32. The van der Waals surface area contributed by atoms with Crippen LogP contribution in [0.3, 0.4) is 0 Å². The van der Waals surface area contributed by atoms with Crippen LogP contribution in [0.5, 0.6) is 0 Å². The molecule has 0 spiro atoms. The summed E-state index contributed by atoms with van der Waals surface area (Å²) in [6, 6.07) is 39.4. The summed E-state index contributed by atoms with van der Waals surface area (Å²) in [5.74, 6) is 0. The second-order valence-electron chi connectivity index (χ2n) is 33.9. The standard InChI is InChI=1S/2C25H29N2O.2C24H27N2O/c2*1-15-8-10-19-20-11-9-17(3)26-24(20)28-23(19)22(15)21-12-18(13-25(4,5)6)16(2)14-27(21)7;1-15-9-10-18-19-8-7-11-25-23(19)27-22(18)21(15)20-12-17(13-24(3,4)5)16(2)14-26(20)6;1-15-9-10-18-19-8-7-11-25-23(19)27-22(18)21(15)20-12-16(2)17(14-26(20)6)13-24(3,4)5/h2*8-12,14H,13H2,1-7H3;2*7-12,14H,13H2,1-6H3/q4*+1/i3*2D3,13D2;. The highest BCUT2D eigenvalue weighted by molar-refractivity contribution is 6.12. The van der Waals surface area contributed by atoms with Crippen LogP contribution in [0.2, 0.25) is 0 Å². The molecule has 0 bridgehead atoms. The summed E-state index contributed by atoms with van der Waals surface area (Å²) in [5.41, 5.74) is 18.8. The fourth-order valence-corrected chi connectivity index (χ4v) is 14.7. The van der Waals surface area contributed by atoms with Gasteiger partial charge in [-0.15, -0.1) is 0 Å². The van der Waals surface area contributed by atoms with Crippen LogP contribution in [-0.2, 0) is 53.7 Å². The highest BCUT2D eigenvalue weighted by Gasteiger charge is 2.30. The molecule has 12 nitrogen and oxygen atoms in total. The first-order valence-corrected chi connectivity index (χ1v) is 37.5. The molecule has 0 N–H and O–H groups in total. The van der Waals surface area contributed by atoms with E-state index in [-0.39, 0.29) is 38.8 Å². The van der Waals surface area contributed by atoms with E-state index in [4.69, 9.17) is 38.2 Å². The maximum absolute atomic E-state index is 8.87. The molecular weight excluding hydrogens is 1350 g/mol. The van der Waals surface area contributed by atoms with Gasteiger partial charge in [0.2, 0.25) is 45.6 Å². The zero-order valence-corrected chi connectivity index (χ0v) is 67.9. The van der Waals surface area contributed by atoms with Gasteiger partial charge in [-0.2, -0.15) is 0 Å². The number of fused-ring (bicyclic) bond motifs is 12. The molecule has 4 aromatic carbocycles. The van der Waals surface area contributed by atoms with Crippen LogP contribution >= 0.6 is 0 Å². The third-order valence-corrected chi connectivity index (χ3v) is 19.6. The molecule has 0 radical (unpaired) electrons. The van der Waals surface area contributed by atoms with E-state index in [0.717, 1.165) is 105 Å². The zero-order valence-electron chi connectivity index (χ0n) is 82.9. The lowest BCUT2D eigenvalue weighted by atomic mass is 9.86. The van der Waals surface area contributed by atoms with E-state index in [0.29, 0.717) is 56.7 Å². The fraction of sp³-hybridized carbons (Fsp3) is 0.347. The van der Waals surface area contributed by atoms with Gasteiger partial charge in [0.25, 0.3) is 0 Å². The summed E-state index contributed by atoms with van der Waals surface area (Å²) in [4.78, 5) is 17.8. The number of furan rings is 4. The third-order valence-electron chi connectivity index (χ3n) is 19.6. The third kappa shape index (κ3) is 16.0. The van der Waals surface area contributed by atoms with Gasteiger partial charge in [-0.05, 0) is 209 Å². The molecule has 12 aromatic heterocycles. The molecular formula is C98H112N8O4+4. The highest BCUT2D eigenvalue weighted by Crippen LogP contribution is 2.43. The Hall–Kier alpha value is -10.7. The monoisotopic (exact) mass is 1480 g/mol. The number of rotatable bonds is 8. The molecule has 0 saturated heterocycles. The normalized spacial score (nSPS) is 15.0. The Kier molecular flexibility index (Phi) is 16.2. The highest BCUT2D eigenvalue weighted by atomic mass is 16.4. The van der Waals surface area contributed by atoms with Gasteiger partial charge in [0, 0.05) is 134 Å². The van der Waals surface area contributed by atoms with E-state index in [1.807, 2.05) is 113 Å². The molecule has 16 rings (SSSR count). The summed E-state index contributed by atoms with van der Waals surface area (Å²) in [6.45, 7) is 29.6. The summed E-state index contributed by atoms with van der Waals surface area (Å²) in [6.07, 6.45) is 5.75. The number of nitrogens with zero attached hydrogens (tertiary/aromatic N) is 8. The van der Waals surface area contributed by atoms with E-state index in [9.17, 15) is 0 Å². The quantitative estimate of drug-likeness (QED) is 0.138. The molecule has 12 heterocycles. The lowest BCUT2D eigenvalue weighted by molar-refractivity contribution is -0.661. The number of benzene rings is 4. The molecule has 0 unspecified atom stereocenters. The van der Waals surface area contributed by atoms with Gasteiger partial charge in [0.15, 0.2) is 47.1 Å². The van der Waals surface area contributed by atoms with E-state index >= 15 is 0 Å². The van der Waals surface area contributed by atoms with Crippen molar-refractivity contribution >= 4 is 88.3 Å². The van der Waals surface area contributed by atoms with Crippen molar-refractivity contribution in [3.8, 4) is 45.0 Å². The molecule has 0 saturated carbocycles. The summed E-state index contributed by atoms with van der Waals surface area (Å²) in [7, 11) is 7.47. The Bertz CT molecular complexity index is 6740. The molecule has 110 heavy (non-hydrogen) atoms. The predicted octanol–water partition coefficient (Wildman–Crippen LogP) is 23.3. The minimum atomic E-state index is -2.45. The first kappa shape index (κ1) is 60.1. The van der Waals surface area contributed by atoms with Crippen molar-refractivity contribution < 1.29 is 56.5 Å². The summed E-state index contributed by atoms with van der Waals surface area (Å²) in [5, 5.41) is 7.64. The first-order chi connectivity index (χ1) is 57.7. The second kappa shape index (κ2) is 29.6. The van der Waals surface area contributed by atoms with Crippen molar-refractivity contribution in [3.63, 3.8) is 0 Å². The smallest absolute Gasteiger partial charge is 0.227 e. The number of hydrogen-bond acceptors (Lipinski definition) is 8. The Balaban J connectivity index is 0.000000143. The molecule has 12 heteroatoms. The first-order valence-electron chi connectivity index (χ1n) is 45.0.